The molecule has 6 nitrogen and oxygen atoms in total. The number of benzene rings is 1. The number of ether oxygens (including phenoxy) is 1. The number of carbonyl (C=O) groups excluding carboxylic acids is 1. The molecule has 1 atom stereocenters. The van der Waals surface area contributed by atoms with Crippen LogP contribution in [0.5, 0.6) is 5.75 Å². The van der Waals surface area contributed by atoms with Gasteiger partial charge in [0.1, 0.15) is 5.75 Å². The van der Waals surface area contributed by atoms with Crippen LogP contribution in [0.15, 0.2) is 34.9 Å². The van der Waals surface area contributed by atoms with E-state index < -0.39 is 0 Å². The second kappa shape index (κ2) is 6.62. The van der Waals surface area contributed by atoms with Crippen LogP contribution in [-0.4, -0.2) is 23.2 Å². The maximum absolute atomic E-state index is 13.2. The molecule has 2 aliphatic rings. The van der Waals surface area contributed by atoms with E-state index in [1.807, 2.05) is 37.3 Å². The molecule has 2 fully saturated rings. The Kier molecular flexibility index (Phi) is 4.07. The molecule has 0 radical (unpaired) electrons. The molecule has 0 spiro atoms. The molecule has 0 bridgehead atoms. The molecular formula is C22H23N3O3. The molecule has 1 N–H and O–H groups in total. The lowest BCUT2D eigenvalue weighted by Gasteiger charge is -2.16. The van der Waals surface area contributed by atoms with Crippen LogP contribution in [0.3, 0.4) is 0 Å². The average Bonchev–Trinajstić information content (AvgIpc) is 3.64. The molecule has 1 aromatic carbocycles. The number of amides is 1. The van der Waals surface area contributed by atoms with E-state index >= 15 is 0 Å². The summed E-state index contributed by atoms with van der Waals surface area (Å²) in [6.45, 7) is 1.98. The molecule has 2 heterocycles. The van der Waals surface area contributed by atoms with Gasteiger partial charge < -0.3 is 14.6 Å². The Morgan fingerprint density at radius 1 is 1.18 bits per heavy atom. The normalized spacial score (nSPS) is 17.5. The summed E-state index contributed by atoms with van der Waals surface area (Å²) in [6, 6.07) is 9.56. The lowest BCUT2D eigenvalue weighted by molar-refractivity contribution is 0.0941. The monoisotopic (exact) mass is 377 g/mol. The first kappa shape index (κ1) is 17.2. The second-order valence-corrected chi connectivity index (χ2v) is 7.86. The highest BCUT2D eigenvalue weighted by Gasteiger charge is 2.34. The second-order valence-electron chi connectivity index (χ2n) is 7.86. The first-order chi connectivity index (χ1) is 13.6. The quantitative estimate of drug-likeness (QED) is 0.685. The van der Waals surface area contributed by atoms with Crippen LogP contribution in [0.1, 0.15) is 77.8 Å². The molecule has 1 amide bonds. The van der Waals surface area contributed by atoms with Gasteiger partial charge in [-0.05, 0) is 56.4 Å². The largest absolute Gasteiger partial charge is 0.497 e. The molecule has 28 heavy (non-hydrogen) atoms. The summed E-state index contributed by atoms with van der Waals surface area (Å²) >= 11 is 0. The molecule has 5 rings (SSSR count). The number of hydrogen-bond acceptors (Lipinski definition) is 5. The third kappa shape index (κ3) is 3.13. The van der Waals surface area contributed by atoms with Gasteiger partial charge in [0.15, 0.2) is 0 Å². The minimum atomic E-state index is -0.129. The molecule has 1 unspecified atom stereocenters. The first-order valence-corrected chi connectivity index (χ1v) is 9.89. The van der Waals surface area contributed by atoms with Crippen molar-refractivity contribution in [2.45, 2.75) is 50.5 Å². The highest BCUT2D eigenvalue weighted by Crippen LogP contribution is 2.45. The lowest BCUT2D eigenvalue weighted by atomic mass is 10.0. The topological polar surface area (TPSA) is 77.2 Å². The summed E-state index contributed by atoms with van der Waals surface area (Å²) in [4.78, 5) is 17.9. The van der Waals surface area contributed by atoms with E-state index in [0.29, 0.717) is 23.1 Å². The summed E-state index contributed by atoms with van der Waals surface area (Å²) in [5.74, 6) is 1.51. The number of nitrogens with zero attached hydrogens (tertiary/aromatic N) is 2. The summed E-state index contributed by atoms with van der Waals surface area (Å²) in [7, 11) is 1.64. The Balaban J connectivity index is 1.48. The van der Waals surface area contributed by atoms with E-state index in [2.05, 4.69) is 15.5 Å². The van der Waals surface area contributed by atoms with Crippen molar-refractivity contribution in [3.63, 3.8) is 0 Å². The van der Waals surface area contributed by atoms with Crippen molar-refractivity contribution < 1.29 is 14.1 Å². The summed E-state index contributed by atoms with van der Waals surface area (Å²) in [5, 5.41) is 8.16. The van der Waals surface area contributed by atoms with Gasteiger partial charge >= 0.3 is 0 Å². The van der Waals surface area contributed by atoms with Crippen molar-refractivity contribution in [3.05, 3.63) is 52.8 Å². The van der Waals surface area contributed by atoms with Gasteiger partial charge in [0.2, 0.25) is 0 Å². The number of nitrogens with one attached hydrogen (secondary N) is 1. The molecule has 0 aliphatic heterocycles. The number of hydrogen-bond donors (Lipinski definition) is 1. The number of rotatable bonds is 6. The SMILES string of the molecule is COc1ccc(C(C)NC(=O)c2cc(C3CC3)nc3onc(C4CC4)c23)cc1. The molecule has 144 valence electrons. The van der Waals surface area contributed by atoms with Crippen LogP contribution in [0, 0.1) is 0 Å². The predicted molar refractivity (Wildman–Crippen MR) is 105 cm³/mol. The zero-order valence-electron chi connectivity index (χ0n) is 16.1. The zero-order chi connectivity index (χ0) is 19.3. The van der Waals surface area contributed by atoms with Gasteiger partial charge in [0.05, 0.1) is 29.8 Å². The maximum atomic E-state index is 13.2. The lowest BCUT2D eigenvalue weighted by Crippen LogP contribution is -2.27. The number of aromatic nitrogens is 2. The van der Waals surface area contributed by atoms with Crippen LogP contribution in [-0.2, 0) is 0 Å². The van der Waals surface area contributed by atoms with Gasteiger partial charge in [-0.1, -0.05) is 17.3 Å². The molecule has 0 saturated heterocycles. The number of carbonyl (C=O) groups is 1. The van der Waals surface area contributed by atoms with Crippen molar-refractivity contribution in [2.24, 2.45) is 0 Å². The predicted octanol–water partition coefficient (Wildman–Crippen LogP) is 4.48. The van der Waals surface area contributed by atoms with E-state index in [1.54, 1.807) is 7.11 Å². The van der Waals surface area contributed by atoms with Crippen molar-refractivity contribution in [2.75, 3.05) is 7.11 Å². The van der Waals surface area contributed by atoms with Crippen LogP contribution >= 0.6 is 0 Å². The molecule has 2 aromatic heterocycles. The fourth-order valence-corrected chi connectivity index (χ4v) is 3.65. The maximum Gasteiger partial charge on any atom is 0.259 e. The third-order valence-corrected chi connectivity index (χ3v) is 5.66. The standard InChI is InChI=1S/C22H23N3O3/c1-12(13-7-9-16(27-2)10-8-13)23-21(26)17-11-18(14-3-4-14)24-22-19(17)20(25-28-22)15-5-6-15/h7-12,14-15H,3-6H2,1-2H3,(H,23,26). The van der Waals surface area contributed by atoms with Gasteiger partial charge in [-0.3, -0.25) is 4.79 Å². The minimum Gasteiger partial charge on any atom is -0.497 e. The Bertz CT molecular complexity index is 1030. The Morgan fingerprint density at radius 2 is 1.89 bits per heavy atom. The fourth-order valence-electron chi connectivity index (χ4n) is 3.65. The van der Waals surface area contributed by atoms with Gasteiger partial charge in [0.25, 0.3) is 11.6 Å². The number of fused-ring (bicyclic) bond motifs is 1. The van der Waals surface area contributed by atoms with Gasteiger partial charge in [0, 0.05) is 17.5 Å². The van der Waals surface area contributed by atoms with Gasteiger partial charge in [-0.25, -0.2) is 4.98 Å². The van der Waals surface area contributed by atoms with Crippen LogP contribution < -0.4 is 10.1 Å². The van der Waals surface area contributed by atoms with Crippen LogP contribution in [0.25, 0.3) is 11.1 Å². The van der Waals surface area contributed by atoms with E-state index in [1.165, 1.54) is 0 Å². The Labute approximate surface area is 163 Å². The summed E-state index contributed by atoms with van der Waals surface area (Å²) in [6.07, 6.45) is 4.42. The molecule has 6 heteroatoms. The highest BCUT2D eigenvalue weighted by atomic mass is 16.5. The van der Waals surface area contributed by atoms with Crippen molar-refractivity contribution in [1.29, 1.82) is 0 Å². The van der Waals surface area contributed by atoms with E-state index in [0.717, 1.165) is 53.8 Å². The van der Waals surface area contributed by atoms with Crippen molar-refractivity contribution >= 4 is 17.0 Å². The van der Waals surface area contributed by atoms with E-state index in [4.69, 9.17) is 9.26 Å². The summed E-state index contributed by atoms with van der Waals surface area (Å²) < 4.78 is 10.7. The van der Waals surface area contributed by atoms with Crippen molar-refractivity contribution in [1.82, 2.24) is 15.5 Å². The van der Waals surface area contributed by atoms with E-state index in [-0.39, 0.29) is 11.9 Å². The number of methoxy groups -OCH3 is 1. The van der Waals surface area contributed by atoms with E-state index in [9.17, 15) is 4.79 Å². The molecule has 2 saturated carbocycles. The van der Waals surface area contributed by atoms with Crippen LogP contribution in [0.2, 0.25) is 0 Å². The van der Waals surface area contributed by atoms with Gasteiger partial charge in [-0.2, -0.15) is 0 Å². The van der Waals surface area contributed by atoms with Crippen molar-refractivity contribution in [3.8, 4) is 5.75 Å². The fraction of sp³-hybridized carbons (Fsp3) is 0.409. The van der Waals surface area contributed by atoms with Crippen LogP contribution in [0.4, 0.5) is 0 Å². The average molecular weight is 377 g/mol. The highest BCUT2D eigenvalue weighted by molar-refractivity contribution is 6.06. The molecule has 3 aromatic rings. The Morgan fingerprint density at radius 3 is 2.54 bits per heavy atom. The molecule has 2 aliphatic carbocycles. The minimum absolute atomic E-state index is 0.109. The van der Waals surface area contributed by atoms with Gasteiger partial charge in [-0.15, -0.1) is 0 Å². The summed E-state index contributed by atoms with van der Waals surface area (Å²) in [5.41, 5.74) is 3.97. The first-order valence-electron chi connectivity index (χ1n) is 9.89. The smallest absolute Gasteiger partial charge is 0.259 e. The number of pyridine rings is 1. The zero-order valence-corrected chi connectivity index (χ0v) is 16.1. The third-order valence-electron chi connectivity index (χ3n) is 5.66. The Hall–Kier alpha value is -2.89. The molecular weight excluding hydrogens is 354 g/mol.